The van der Waals surface area contributed by atoms with Crippen LogP contribution in [-0.4, -0.2) is 32.1 Å². The third-order valence-corrected chi connectivity index (χ3v) is 2.60. The maximum absolute atomic E-state index is 11.6. The summed E-state index contributed by atoms with van der Waals surface area (Å²) >= 11 is 0. The summed E-state index contributed by atoms with van der Waals surface area (Å²) in [5.74, 6) is -1.37. The van der Waals surface area contributed by atoms with Crippen molar-refractivity contribution in [2.45, 2.75) is 33.6 Å². The second-order valence-electron chi connectivity index (χ2n) is 4.04. The molecule has 1 aromatic carbocycles. The number of hydrogen-bond acceptors (Lipinski definition) is 5. The Bertz CT molecular complexity index is 525. The number of carbonyl (C=O) groups excluding carboxylic acids is 3. The molecule has 1 rings (SSSR count). The maximum atomic E-state index is 11.6. The number of nitrogens with one attached hydrogen (secondary N) is 1. The van der Waals surface area contributed by atoms with Crippen molar-refractivity contribution >= 4 is 23.5 Å². The lowest BCUT2D eigenvalue weighted by atomic mass is 10.1. The van der Waals surface area contributed by atoms with Gasteiger partial charge < -0.3 is 14.8 Å². The Kier molecular flexibility index (Phi) is 9.25. The fourth-order valence-corrected chi connectivity index (χ4v) is 1.62. The number of esters is 2. The molecular weight excluding hydrogens is 286 g/mol. The summed E-state index contributed by atoms with van der Waals surface area (Å²) in [6, 6.07) is 4.25. The SMILES string of the molecule is CC.CCCC(=O)Nc1cc(C(=O)OC)ccc1C(=O)OC. The second-order valence-corrected chi connectivity index (χ2v) is 4.04. The van der Waals surface area contributed by atoms with Gasteiger partial charge in [-0.25, -0.2) is 9.59 Å². The van der Waals surface area contributed by atoms with Crippen molar-refractivity contribution in [1.29, 1.82) is 0 Å². The van der Waals surface area contributed by atoms with E-state index in [9.17, 15) is 14.4 Å². The molecule has 0 saturated heterocycles. The topological polar surface area (TPSA) is 81.7 Å². The summed E-state index contributed by atoms with van der Waals surface area (Å²) in [5, 5.41) is 2.60. The van der Waals surface area contributed by atoms with Gasteiger partial charge >= 0.3 is 11.9 Å². The van der Waals surface area contributed by atoms with Crippen molar-refractivity contribution in [2.75, 3.05) is 19.5 Å². The molecule has 122 valence electrons. The number of carbonyl (C=O) groups is 3. The fourth-order valence-electron chi connectivity index (χ4n) is 1.62. The van der Waals surface area contributed by atoms with Crippen LogP contribution in [0.4, 0.5) is 5.69 Å². The van der Waals surface area contributed by atoms with Crippen LogP contribution >= 0.6 is 0 Å². The first-order chi connectivity index (χ1) is 10.5. The van der Waals surface area contributed by atoms with Gasteiger partial charge in [-0.3, -0.25) is 4.79 Å². The molecule has 0 fully saturated rings. The lowest BCUT2D eigenvalue weighted by molar-refractivity contribution is -0.116. The highest BCUT2D eigenvalue weighted by molar-refractivity contribution is 6.03. The zero-order valence-electron chi connectivity index (χ0n) is 13.7. The standard InChI is InChI=1S/C14H17NO5.C2H6/c1-4-5-12(16)15-11-8-9(13(17)19-2)6-7-10(11)14(18)20-3;1-2/h6-8H,4-5H2,1-3H3,(H,15,16);1-2H3. The Labute approximate surface area is 130 Å². The summed E-state index contributed by atoms with van der Waals surface area (Å²) in [6.07, 6.45) is 0.999. The molecule has 0 aromatic heterocycles. The van der Waals surface area contributed by atoms with Gasteiger partial charge in [-0.05, 0) is 24.6 Å². The van der Waals surface area contributed by atoms with Crippen LogP contribution in [0, 0.1) is 0 Å². The van der Waals surface area contributed by atoms with E-state index in [0.717, 1.165) is 0 Å². The summed E-state index contributed by atoms with van der Waals surface area (Å²) in [6.45, 7) is 5.87. The van der Waals surface area contributed by atoms with Crippen molar-refractivity contribution in [2.24, 2.45) is 0 Å². The van der Waals surface area contributed by atoms with E-state index in [4.69, 9.17) is 0 Å². The van der Waals surface area contributed by atoms with E-state index in [0.29, 0.717) is 12.8 Å². The van der Waals surface area contributed by atoms with E-state index >= 15 is 0 Å². The lowest BCUT2D eigenvalue weighted by Gasteiger charge is -2.11. The molecule has 0 spiro atoms. The molecule has 1 N–H and O–H groups in total. The Morgan fingerprint density at radius 1 is 1.05 bits per heavy atom. The average Bonchev–Trinajstić information content (AvgIpc) is 2.55. The van der Waals surface area contributed by atoms with Crippen molar-refractivity contribution < 1.29 is 23.9 Å². The van der Waals surface area contributed by atoms with Crippen LogP contribution in [0.15, 0.2) is 18.2 Å². The molecule has 0 heterocycles. The van der Waals surface area contributed by atoms with Gasteiger partial charge in [-0.1, -0.05) is 20.8 Å². The molecule has 0 radical (unpaired) electrons. The molecule has 6 nitrogen and oxygen atoms in total. The van der Waals surface area contributed by atoms with Gasteiger partial charge in [0.1, 0.15) is 0 Å². The molecule has 0 aliphatic heterocycles. The van der Waals surface area contributed by atoms with Crippen molar-refractivity contribution in [3.63, 3.8) is 0 Å². The molecule has 0 atom stereocenters. The maximum Gasteiger partial charge on any atom is 0.339 e. The quantitative estimate of drug-likeness (QED) is 0.845. The highest BCUT2D eigenvalue weighted by atomic mass is 16.5. The van der Waals surface area contributed by atoms with Gasteiger partial charge in [-0.2, -0.15) is 0 Å². The zero-order chi connectivity index (χ0) is 17.1. The van der Waals surface area contributed by atoms with E-state index in [1.807, 2.05) is 20.8 Å². The molecule has 0 bridgehead atoms. The monoisotopic (exact) mass is 309 g/mol. The van der Waals surface area contributed by atoms with Gasteiger partial charge in [0.25, 0.3) is 0 Å². The molecule has 0 saturated carbocycles. The molecule has 1 aromatic rings. The van der Waals surface area contributed by atoms with Crippen LogP contribution in [-0.2, 0) is 14.3 Å². The van der Waals surface area contributed by atoms with Gasteiger partial charge in [0.2, 0.25) is 5.91 Å². The first-order valence-electron chi connectivity index (χ1n) is 7.14. The van der Waals surface area contributed by atoms with Crippen LogP contribution in [0.5, 0.6) is 0 Å². The number of ether oxygens (including phenoxy) is 2. The summed E-state index contributed by atoms with van der Waals surface area (Å²) in [4.78, 5) is 34.8. The van der Waals surface area contributed by atoms with E-state index < -0.39 is 11.9 Å². The van der Waals surface area contributed by atoms with Crippen LogP contribution in [0.25, 0.3) is 0 Å². The van der Waals surface area contributed by atoms with Crippen molar-refractivity contribution in [3.05, 3.63) is 29.3 Å². The molecule has 0 aliphatic carbocycles. The highest BCUT2D eigenvalue weighted by Crippen LogP contribution is 2.20. The molecule has 1 amide bonds. The highest BCUT2D eigenvalue weighted by Gasteiger charge is 2.16. The molecular formula is C16H23NO5. The number of hydrogen-bond donors (Lipinski definition) is 1. The third-order valence-electron chi connectivity index (χ3n) is 2.60. The number of methoxy groups -OCH3 is 2. The van der Waals surface area contributed by atoms with Gasteiger partial charge in [0.05, 0.1) is 31.0 Å². The van der Waals surface area contributed by atoms with Crippen LogP contribution < -0.4 is 5.32 Å². The average molecular weight is 309 g/mol. The van der Waals surface area contributed by atoms with E-state index in [2.05, 4.69) is 14.8 Å². The van der Waals surface area contributed by atoms with Gasteiger partial charge in [0.15, 0.2) is 0 Å². The Balaban J connectivity index is 0.00000211. The molecule has 22 heavy (non-hydrogen) atoms. The van der Waals surface area contributed by atoms with E-state index in [1.165, 1.54) is 32.4 Å². The predicted octanol–water partition coefficient (Wildman–Crippen LogP) is 3.02. The van der Waals surface area contributed by atoms with Crippen LogP contribution in [0.3, 0.4) is 0 Å². The minimum absolute atomic E-state index is 0.185. The summed E-state index contributed by atoms with van der Waals surface area (Å²) < 4.78 is 9.24. The molecule has 0 aliphatic rings. The summed E-state index contributed by atoms with van der Waals surface area (Å²) in [7, 11) is 2.50. The lowest BCUT2D eigenvalue weighted by Crippen LogP contribution is -2.15. The largest absolute Gasteiger partial charge is 0.465 e. The molecule has 0 unspecified atom stereocenters. The van der Waals surface area contributed by atoms with Crippen LogP contribution in [0.2, 0.25) is 0 Å². The summed E-state index contributed by atoms with van der Waals surface area (Å²) in [5.41, 5.74) is 0.662. The van der Waals surface area contributed by atoms with Crippen molar-refractivity contribution in [1.82, 2.24) is 0 Å². The van der Waals surface area contributed by atoms with Gasteiger partial charge in [-0.15, -0.1) is 0 Å². The van der Waals surface area contributed by atoms with Crippen molar-refractivity contribution in [3.8, 4) is 0 Å². The predicted molar refractivity (Wildman–Crippen MR) is 84.0 cm³/mol. The first-order valence-corrected chi connectivity index (χ1v) is 7.14. The van der Waals surface area contributed by atoms with Crippen LogP contribution in [0.1, 0.15) is 54.3 Å². The number of amides is 1. The minimum Gasteiger partial charge on any atom is -0.465 e. The Morgan fingerprint density at radius 2 is 1.64 bits per heavy atom. The fraction of sp³-hybridized carbons (Fsp3) is 0.438. The van der Waals surface area contributed by atoms with Gasteiger partial charge in [0, 0.05) is 6.42 Å². The normalized spacial score (nSPS) is 9.14. The first kappa shape index (κ1) is 19.6. The number of anilines is 1. The minimum atomic E-state index is -0.590. The van der Waals surface area contributed by atoms with E-state index in [-0.39, 0.29) is 22.7 Å². The second kappa shape index (κ2) is 10.4. The molecule has 6 heteroatoms. The Morgan fingerprint density at radius 3 is 2.14 bits per heavy atom. The zero-order valence-corrected chi connectivity index (χ0v) is 13.7. The number of rotatable bonds is 5. The Hall–Kier alpha value is -2.37. The third kappa shape index (κ3) is 5.55. The van der Waals surface area contributed by atoms with E-state index in [1.54, 1.807) is 0 Å². The number of benzene rings is 1. The smallest absolute Gasteiger partial charge is 0.339 e.